The van der Waals surface area contributed by atoms with E-state index in [4.69, 9.17) is 0 Å². The van der Waals surface area contributed by atoms with Gasteiger partial charge in [0.05, 0.1) is 4.90 Å². The third kappa shape index (κ3) is 3.69. The van der Waals surface area contributed by atoms with Gasteiger partial charge in [0.2, 0.25) is 10.0 Å². The molecule has 0 fully saturated rings. The summed E-state index contributed by atoms with van der Waals surface area (Å²) in [6.07, 6.45) is 0. The molecule has 0 aliphatic carbocycles. The van der Waals surface area contributed by atoms with Crippen molar-refractivity contribution < 1.29 is 8.42 Å². The molecule has 0 amide bonds. The Hall–Kier alpha value is 0.610. The molecule has 0 saturated heterocycles. The van der Waals surface area contributed by atoms with E-state index in [9.17, 15) is 8.42 Å². The van der Waals surface area contributed by atoms with E-state index in [-0.39, 0.29) is 34.5 Å². The molecule has 0 aromatic heterocycles. The van der Waals surface area contributed by atoms with Crippen LogP contribution in [-0.2, 0) is 10.0 Å². The molecule has 1 aromatic carbocycles. The standard InChI is InChI=1S/C7H8BrNO2S.Na.H/c1-6-2-4-7(5-3-6)12(10,11)9-8;;/h2-5,9H,1H3;;. The van der Waals surface area contributed by atoms with Crippen LogP contribution in [0.2, 0.25) is 0 Å². The van der Waals surface area contributed by atoms with E-state index >= 15 is 0 Å². The molecule has 0 heterocycles. The summed E-state index contributed by atoms with van der Waals surface area (Å²) in [4.78, 5) is 0.255. The average Bonchev–Trinajstić information content (AvgIpc) is 2.05. The third-order valence-corrected chi connectivity index (χ3v) is 3.81. The molecule has 0 radical (unpaired) electrons. The van der Waals surface area contributed by atoms with Crippen LogP contribution in [0.4, 0.5) is 0 Å². The summed E-state index contributed by atoms with van der Waals surface area (Å²) >= 11 is 2.69. The molecule has 1 N–H and O–H groups in total. The molecular formula is C7H9BrNNaO2S. The predicted molar refractivity (Wildman–Crippen MR) is 57.6 cm³/mol. The SMILES string of the molecule is Cc1ccc(S(=O)(=O)NBr)cc1.[NaH]. The number of benzene rings is 1. The van der Waals surface area contributed by atoms with Crippen molar-refractivity contribution in [2.24, 2.45) is 0 Å². The Kier molecular flexibility index (Phi) is 5.74. The van der Waals surface area contributed by atoms with Crippen LogP contribution in [-0.4, -0.2) is 38.0 Å². The van der Waals surface area contributed by atoms with Crippen molar-refractivity contribution in [3.63, 3.8) is 0 Å². The molecule has 0 aliphatic heterocycles. The molecular weight excluding hydrogens is 265 g/mol. The summed E-state index contributed by atoms with van der Waals surface area (Å²) in [6, 6.07) is 6.60. The minimum atomic E-state index is -3.35. The van der Waals surface area contributed by atoms with Crippen molar-refractivity contribution in [2.45, 2.75) is 11.8 Å². The fraction of sp³-hybridized carbons (Fsp3) is 0.143. The quantitative estimate of drug-likeness (QED) is 0.644. The fourth-order valence-electron chi connectivity index (χ4n) is 0.762. The van der Waals surface area contributed by atoms with Gasteiger partial charge in [-0.05, 0) is 19.1 Å². The number of hydrogen-bond acceptors (Lipinski definition) is 2. The predicted octanol–water partition coefficient (Wildman–Crippen LogP) is 0.935. The monoisotopic (exact) mass is 273 g/mol. The molecule has 0 saturated carbocycles. The van der Waals surface area contributed by atoms with E-state index in [1.165, 1.54) is 0 Å². The first-order chi connectivity index (χ1) is 5.56. The minimum absolute atomic E-state index is 0. The van der Waals surface area contributed by atoms with Crippen molar-refractivity contribution in [1.29, 1.82) is 0 Å². The van der Waals surface area contributed by atoms with Crippen LogP contribution in [0.3, 0.4) is 0 Å². The molecule has 1 aromatic rings. The molecule has 0 unspecified atom stereocenters. The second-order valence-corrected chi connectivity index (χ2v) is 5.00. The van der Waals surface area contributed by atoms with Crippen LogP contribution in [0, 0.1) is 6.92 Å². The number of nitrogens with one attached hydrogen (secondary N) is 1. The third-order valence-electron chi connectivity index (χ3n) is 1.43. The van der Waals surface area contributed by atoms with Crippen molar-refractivity contribution in [3.8, 4) is 0 Å². The Balaban J connectivity index is 0.00000144. The molecule has 68 valence electrons. The molecule has 0 spiro atoms. The van der Waals surface area contributed by atoms with Gasteiger partial charge in [0.15, 0.2) is 0 Å². The van der Waals surface area contributed by atoms with Crippen molar-refractivity contribution in [2.75, 3.05) is 0 Å². The van der Waals surface area contributed by atoms with Crippen molar-refractivity contribution in [3.05, 3.63) is 29.8 Å². The number of hydrogen-bond donors (Lipinski definition) is 1. The van der Waals surface area contributed by atoms with E-state index in [2.05, 4.69) is 19.9 Å². The van der Waals surface area contributed by atoms with Gasteiger partial charge >= 0.3 is 29.6 Å². The second-order valence-electron chi connectivity index (χ2n) is 2.39. The number of sulfonamides is 1. The van der Waals surface area contributed by atoms with E-state index in [0.29, 0.717) is 0 Å². The van der Waals surface area contributed by atoms with Gasteiger partial charge in [0.25, 0.3) is 0 Å². The second kappa shape index (κ2) is 5.48. The first-order valence-electron chi connectivity index (χ1n) is 3.25. The zero-order chi connectivity index (χ0) is 9.19. The maximum absolute atomic E-state index is 11.2. The summed E-state index contributed by atoms with van der Waals surface area (Å²) < 4.78 is 24.4. The van der Waals surface area contributed by atoms with Gasteiger partial charge < -0.3 is 0 Å². The van der Waals surface area contributed by atoms with Gasteiger partial charge in [-0.3, -0.25) is 0 Å². The summed E-state index contributed by atoms with van der Waals surface area (Å²) in [5.41, 5.74) is 1.03. The number of rotatable bonds is 2. The Morgan fingerprint density at radius 1 is 1.23 bits per heavy atom. The van der Waals surface area contributed by atoms with Crippen LogP contribution in [0.5, 0.6) is 0 Å². The van der Waals surface area contributed by atoms with E-state index < -0.39 is 10.0 Å². The van der Waals surface area contributed by atoms with Gasteiger partial charge in [-0.15, -0.1) is 3.75 Å². The number of aryl methyl sites for hydroxylation is 1. The summed E-state index contributed by atoms with van der Waals surface area (Å²) in [6.45, 7) is 1.90. The summed E-state index contributed by atoms with van der Waals surface area (Å²) in [5, 5.41) is 0. The zero-order valence-corrected chi connectivity index (χ0v) is 8.81. The molecule has 0 aliphatic rings. The molecule has 0 atom stereocenters. The Bertz CT molecular complexity index is 363. The van der Waals surface area contributed by atoms with Crippen molar-refractivity contribution in [1.82, 2.24) is 3.75 Å². The van der Waals surface area contributed by atoms with E-state index in [1.54, 1.807) is 24.3 Å². The molecule has 6 heteroatoms. The Morgan fingerprint density at radius 2 is 1.69 bits per heavy atom. The fourth-order valence-corrected chi connectivity index (χ4v) is 1.91. The van der Waals surface area contributed by atoms with Gasteiger partial charge in [-0.25, -0.2) is 8.42 Å². The zero-order valence-electron chi connectivity index (χ0n) is 6.41. The Labute approximate surface area is 109 Å². The van der Waals surface area contributed by atoms with Gasteiger partial charge in [0, 0.05) is 16.1 Å². The molecule has 13 heavy (non-hydrogen) atoms. The average molecular weight is 274 g/mol. The topological polar surface area (TPSA) is 46.2 Å². The first-order valence-corrected chi connectivity index (χ1v) is 5.53. The first kappa shape index (κ1) is 13.6. The molecule has 3 nitrogen and oxygen atoms in total. The maximum atomic E-state index is 11.2. The van der Waals surface area contributed by atoms with Crippen LogP contribution in [0.15, 0.2) is 29.2 Å². The van der Waals surface area contributed by atoms with Gasteiger partial charge in [-0.1, -0.05) is 17.7 Å². The normalized spacial score (nSPS) is 10.6. The molecule has 0 bridgehead atoms. The van der Waals surface area contributed by atoms with Crippen LogP contribution >= 0.6 is 16.1 Å². The summed E-state index contributed by atoms with van der Waals surface area (Å²) in [5.74, 6) is 0. The van der Waals surface area contributed by atoms with Crippen LogP contribution in [0.1, 0.15) is 5.56 Å². The van der Waals surface area contributed by atoms with Gasteiger partial charge in [0.1, 0.15) is 0 Å². The molecule has 1 rings (SSSR count). The van der Waals surface area contributed by atoms with Crippen LogP contribution in [0.25, 0.3) is 0 Å². The van der Waals surface area contributed by atoms with E-state index in [1.807, 2.05) is 6.92 Å². The Morgan fingerprint density at radius 3 is 2.08 bits per heavy atom. The van der Waals surface area contributed by atoms with Gasteiger partial charge in [-0.2, -0.15) is 0 Å². The number of halogens is 1. The van der Waals surface area contributed by atoms with Crippen LogP contribution < -0.4 is 3.75 Å². The summed E-state index contributed by atoms with van der Waals surface area (Å²) in [7, 11) is -3.35. The van der Waals surface area contributed by atoms with Crippen molar-refractivity contribution >= 4 is 55.7 Å². The van der Waals surface area contributed by atoms with E-state index in [0.717, 1.165) is 5.56 Å².